The van der Waals surface area contributed by atoms with Gasteiger partial charge in [0.15, 0.2) is 0 Å². The first kappa shape index (κ1) is 14.0. The molecule has 18 heavy (non-hydrogen) atoms. The van der Waals surface area contributed by atoms with Gasteiger partial charge in [-0.2, -0.15) is 0 Å². The topological polar surface area (TPSA) is 89.4 Å². The van der Waals surface area contributed by atoms with E-state index in [1.165, 1.54) is 24.0 Å². The zero-order chi connectivity index (χ0) is 13.9. The van der Waals surface area contributed by atoms with Crippen LogP contribution in [0.25, 0.3) is 0 Å². The van der Waals surface area contributed by atoms with Crippen molar-refractivity contribution in [3.63, 3.8) is 0 Å². The number of primary amides is 1. The number of likely N-dealkylation sites (N-methyl/N-ethyl adjacent to an activating group) is 1. The number of carbonyl (C=O) groups is 2. The normalized spacial score (nSPS) is 10.2. The maximum atomic E-state index is 13.8. The van der Waals surface area contributed by atoms with Crippen molar-refractivity contribution in [2.24, 2.45) is 5.73 Å². The van der Waals surface area contributed by atoms with Crippen LogP contribution in [0, 0.1) is 12.7 Å². The number of aryl methyl sites for hydroxylation is 1. The highest BCUT2D eigenvalue weighted by molar-refractivity contribution is 5.97. The van der Waals surface area contributed by atoms with Gasteiger partial charge in [-0.05, 0) is 31.5 Å². The molecular weight excluding hydrogens is 237 g/mol. The summed E-state index contributed by atoms with van der Waals surface area (Å²) < 4.78 is 13.8. The molecule has 1 aromatic rings. The van der Waals surface area contributed by atoms with Crippen LogP contribution in [0.1, 0.15) is 22.8 Å². The van der Waals surface area contributed by atoms with Crippen molar-refractivity contribution in [3.8, 4) is 0 Å². The predicted octanol–water partition coefficient (Wildman–Crippen LogP) is 0.664. The summed E-state index contributed by atoms with van der Waals surface area (Å²) in [6.45, 7) is 3.21. The third kappa shape index (κ3) is 2.97. The first-order valence-corrected chi connectivity index (χ1v) is 5.50. The molecule has 0 aliphatic heterocycles. The van der Waals surface area contributed by atoms with Crippen molar-refractivity contribution in [2.75, 3.05) is 18.8 Å². The van der Waals surface area contributed by atoms with Crippen molar-refractivity contribution >= 4 is 17.5 Å². The van der Waals surface area contributed by atoms with Crippen LogP contribution in [0.15, 0.2) is 12.1 Å². The van der Waals surface area contributed by atoms with Gasteiger partial charge in [0.1, 0.15) is 5.82 Å². The second-order valence-corrected chi connectivity index (χ2v) is 3.98. The molecule has 2 amide bonds. The highest BCUT2D eigenvalue weighted by atomic mass is 19.1. The molecule has 0 spiro atoms. The van der Waals surface area contributed by atoms with Gasteiger partial charge < -0.3 is 16.4 Å². The van der Waals surface area contributed by atoms with E-state index < -0.39 is 17.6 Å². The molecule has 0 heterocycles. The largest absolute Gasteiger partial charge is 0.399 e. The van der Waals surface area contributed by atoms with Crippen LogP contribution in [0.5, 0.6) is 0 Å². The molecular formula is C12H16FN3O2. The minimum absolute atomic E-state index is 0.143. The maximum Gasteiger partial charge on any atom is 0.257 e. The molecule has 6 heteroatoms. The van der Waals surface area contributed by atoms with Gasteiger partial charge in [-0.3, -0.25) is 9.59 Å². The Morgan fingerprint density at radius 1 is 1.39 bits per heavy atom. The number of halogens is 1. The lowest BCUT2D eigenvalue weighted by Crippen LogP contribution is -2.38. The van der Waals surface area contributed by atoms with E-state index in [4.69, 9.17) is 11.5 Å². The monoisotopic (exact) mass is 253 g/mol. The molecule has 0 fully saturated rings. The van der Waals surface area contributed by atoms with Gasteiger partial charge >= 0.3 is 0 Å². The molecule has 0 unspecified atom stereocenters. The molecule has 4 N–H and O–H groups in total. The Hall–Kier alpha value is -2.11. The molecule has 5 nitrogen and oxygen atoms in total. The molecule has 1 rings (SSSR count). The summed E-state index contributed by atoms with van der Waals surface area (Å²) >= 11 is 0. The number of amides is 2. The van der Waals surface area contributed by atoms with Crippen molar-refractivity contribution in [3.05, 3.63) is 29.1 Å². The first-order chi connectivity index (χ1) is 8.36. The summed E-state index contributed by atoms with van der Waals surface area (Å²) in [5, 5.41) is 0. The number of nitrogens with zero attached hydrogens (tertiary/aromatic N) is 1. The van der Waals surface area contributed by atoms with E-state index in [2.05, 4.69) is 0 Å². The third-order valence-corrected chi connectivity index (χ3v) is 2.52. The van der Waals surface area contributed by atoms with Crippen molar-refractivity contribution in [1.29, 1.82) is 0 Å². The van der Waals surface area contributed by atoms with Gasteiger partial charge in [-0.15, -0.1) is 0 Å². The van der Waals surface area contributed by atoms with Crippen molar-refractivity contribution < 1.29 is 14.0 Å². The third-order valence-electron chi connectivity index (χ3n) is 2.52. The van der Waals surface area contributed by atoms with E-state index >= 15 is 0 Å². The Morgan fingerprint density at radius 2 is 2.00 bits per heavy atom. The van der Waals surface area contributed by atoms with Crippen LogP contribution in [-0.4, -0.2) is 29.8 Å². The van der Waals surface area contributed by atoms with E-state index in [1.807, 2.05) is 0 Å². The van der Waals surface area contributed by atoms with Crippen LogP contribution in [0.3, 0.4) is 0 Å². The van der Waals surface area contributed by atoms with Gasteiger partial charge in [0.25, 0.3) is 5.91 Å². The lowest BCUT2D eigenvalue weighted by Gasteiger charge is -2.20. The quantitative estimate of drug-likeness (QED) is 0.772. The summed E-state index contributed by atoms with van der Waals surface area (Å²) in [6.07, 6.45) is 0. The number of hydrogen-bond acceptors (Lipinski definition) is 3. The van der Waals surface area contributed by atoms with E-state index in [9.17, 15) is 14.0 Å². The Kier molecular flexibility index (Phi) is 4.25. The van der Waals surface area contributed by atoms with E-state index in [0.29, 0.717) is 5.69 Å². The molecule has 0 atom stereocenters. The van der Waals surface area contributed by atoms with Crippen LogP contribution >= 0.6 is 0 Å². The van der Waals surface area contributed by atoms with Gasteiger partial charge in [0.05, 0.1) is 12.1 Å². The van der Waals surface area contributed by atoms with Crippen LogP contribution in [0.2, 0.25) is 0 Å². The Balaban J connectivity index is 3.12. The fourth-order valence-electron chi connectivity index (χ4n) is 1.64. The molecule has 0 bridgehead atoms. The summed E-state index contributed by atoms with van der Waals surface area (Å²) in [6, 6.07) is 2.70. The number of nitrogen functional groups attached to an aromatic ring is 1. The molecule has 0 aromatic heterocycles. The van der Waals surface area contributed by atoms with Gasteiger partial charge in [-0.25, -0.2) is 4.39 Å². The van der Waals surface area contributed by atoms with Gasteiger partial charge in [0.2, 0.25) is 5.91 Å². The number of rotatable bonds is 4. The Bertz CT molecular complexity index is 488. The van der Waals surface area contributed by atoms with Crippen molar-refractivity contribution in [1.82, 2.24) is 4.90 Å². The summed E-state index contributed by atoms with van der Waals surface area (Å²) in [5.74, 6) is -1.87. The molecule has 0 aliphatic rings. The van der Waals surface area contributed by atoms with Crippen LogP contribution in [-0.2, 0) is 4.79 Å². The van der Waals surface area contributed by atoms with E-state index in [0.717, 1.165) is 0 Å². The lowest BCUT2D eigenvalue weighted by atomic mass is 10.1. The number of anilines is 1. The first-order valence-electron chi connectivity index (χ1n) is 5.50. The molecule has 1 aromatic carbocycles. The standard InChI is InChI=1S/C12H16FN3O2/c1-3-16(6-10(15)17)12(18)9-5-8(14)4-7(2)11(9)13/h4-5H,3,6,14H2,1-2H3,(H2,15,17). The second-order valence-electron chi connectivity index (χ2n) is 3.98. The van der Waals surface area contributed by atoms with Crippen LogP contribution in [0.4, 0.5) is 10.1 Å². The molecule has 0 aliphatic carbocycles. The highest BCUT2D eigenvalue weighted by Gasteiger charge is 2.21. The summed E-state index contributed by atoms with van der Waals surface area (Å²) in [7, 11) is 0. The highest BCUT2D eigenvalue weighted by Crippen LogP contribution is 2.18. The SMILES string of the molecule is CCN(CC(N)=O)C(=O)c1cc(N)cc(C)c1F. The lowest BCUT2D eigenvalue weighted by molar-refractivity contribution is -0.118. The Labute approximate surface area is 105 Å². The van der Waals surface area contributed by atoms with Gasteiger partial charge in [0, 0.05) is 12.2 Å². The second kappa shape index (κ2) is 5.48. The molecule has 0 saturated heterocycles. The number of benzene rings is 1. The van der Waals surface area contributed by atoms with E-state index in [-0.39, 0.29) is 24.2 Å². The zero-order valence-electron chi connectivity index (χ0n) is 10.4. The average Bonchev–Trinajstić information content (AvgIpc) is 2.29. The predicted molar refractivity (Wildman–Crippen MR) is 66.3 cm³/mol. The molecule has 0 radical (unpaired) electrons. The zero-order valence-corrected chi connectivity index (χ0v) is 10.4. The van der Waals surface area contributed by atoms with Crippen molar-refractivity contribution in [2.45, 2.75) is 13.8 Å². The van der Waals surface area contributed by atoms with E-state index in [1.54, 1.807) is 6.92 Å². The van der Waals surface area contributed by atoms with Gasteiger partial charge in [-0.1, -0.05) is 0 Å². The van der Waals surface area contributed by atoms with Crippen LogP contribution < -0.4 is 11.5 Å². The maximum absolute atomic E-state index is 13.8. The minimum Gasteiger partial charge on any atom is -0.399 e. The minimum atomic E-state index is -0.647. The Morgan fingerprint density at radius 3 is 2.50 bits per heavy atom. The summed E-state index contributed by atoms with van der Waals surface area (Å²) in [4.78, 5) is 24.1. The number of carbonyl (C=O) groups excluding carboxylic acids is 2. The number of nitrogens with two attached hydrogens (primary N) is 2. The average molecular weight is 253 g/mol. The fraction of sp³-hybridized carbons (Fsp3) is 0.333. The molecule has 98 valence electrons. The number of hydrogen-bond donors (Lipinski definition) is 2. The fourth-order valence-corrected chi connectivity index (χ4v) is 1.64. The summed E-state index contributed by atoms with van der Waals surface area (Å²) in [5.41, 5.74) is 11.1. The molecule has 0 saturated carbocycles. The smallest absolute Gasteiger partial charge is 0.257 e.